The lowest BCUT2D eigenvalue weighted by Gasteiger charge is -2.39. The Kier molecular flexibility index (Phi) is 6.01. The molecule has 0 unspecified atom stereocenters. The van der Waals surface area contributed by atoms with Crippen molar-refractivity contribution in [2.24, 2.45) is 0 Å². The number of rotatable bonds is 4. The molecule has 10 heteroatoms. The van der Waals surface area contributed by atoms with Crippen molar-refractivity contribution in [1.29, 1.82) is 0 Å². The van der Waals surface area contributed by atoms with Crippen LogP contribution in [0.3, 0.4) is 0 Å². The average molecular weight is 536 g/mol. The van der Waals surface area contributed by atoms with E-state index in [1.807, 2.05) is 6.92 Å². The number of carbonyl (C=O) groups is 3. The van der Waals surface area contributed by atoms with Gasteiger partial charge in [0, 0.05) is 23.1 Å². The maximum atomic E-state index is 14.3. The number of aromatic hydroxyl groups is 1. The molecule has 3 N–H and O–H groups in total. The van der Waals surface area contributed by atoms with E-state index in [0.717, 1.165) is 0 Å². The first-order valence-electron chi connectivity index (χ1n) is 13.1. The summed E-state index contributed by atoms with van der Waals surface area (Å²) in [4.78, 5) is 43.0. The molecule has 10 nitrogen and oxygen atoms in total. The van der Waals surface area contributed by atoms with Crippen molar-refractivity contribution in [3.05, 3.63) is 63.8 Å². The molecule has 0 saturated carbocycles. The van der Waals surface area contributed by atoms with Crippen LogP contribution < -0.4 is 4.74 Å². The Morgan fingerprint density at radius 2 is 1.87 bits per heavy atom. The number of esters is 1. The number of aryl methyl sites for hydroxylation is 1. The molecule has 204 valence electrons. The molecule has 2 aromatic carbocycles. The molecule has 0 bridgehead atoms. The molecule has 1 aliphatic carbocycles. The Morgan fingerprint density at radius 3 is 2.59 bits per heavy atom. The van der Waals surface area contributed by atoms with Gasteiger partial charge in [0.05, 0.1) is 23.3 Å². The Balaban J connectivity index is 1.51. The first-order chi connectivity index (χ1) is 18.6. The van der Waals surface area contributed by atoms with Gasteiger partial charge in [0.15, 0.2) is 5.78 Å². The highest BCUT2D eigenvalue weighted by Gasteiger charge is 2.53. The lowest BCUT2D eigenvalue weighted by Crippen LogP contribution is -2.48. The highest BCUT2D eigenvalue weighted by atomic mass is 16.7. The molecule has 2 saturated heterocycles. The zero-order valence-electron chi connectivity index (χ0n) is 21.7. The lowest BCUT2D eigenvalue weighted by atomic mass is 9.78. The number of hydrogen-bond donors (Lipinski definition) is 3. The minimum absolute atomic E-state index is 0.00140. The van der Waals surface area contributed by atoms with Crippen LogP contribution in [0.15, 0.2) is 36.0 Å². The number of hydrogen-bond acceptors (Lipinski definition) is 10. The van der Waals surface area contributed by atoms with E-state index in [1.165, 1.54) is 18.2 Å². The summed E-state index contributed by atoms with van der Waals surface area (Å²) in [5.41, 5.74) is 1.44. The van der Waals surface area contributed by atoms with Crippen LogP contribution in [0.2, 0.25) is 0 Å². The largest absolute Gasteiger partial charge is 0.507 e. The SMILES string of the molecule is CCC[C@@H]1C(=O)O[C@H]2c3cc(C)cc(O)c3C3=C(C(=O)c4c(O[C@H]5C[C@@H](O)[C@@H](O)[C@H](C)O5)cccc4C3=O)N12. The third-order valence-corrected chi connectivity index (χ3v) is 7.83. The number of carbonyl (C=O) groups excluding carboxylic acids is 3. The molecule has 6 rings (SSSR count). The zero-order valence-corrected chi connectivity index (χ0v) is 21.7. The number of aliphatic hydroxyl groups excluding tert-OH is 2. The second kappa shape index (κ2) is 9.18. The van der Waals surface area contributed by atoms with E-state index in [9.17, 15) is 29.7 Å². The molecule has 2 fully saturated rings. The summed E-state index contributed by atoms with van der Waals surface area (Å²) < 4.78 is 17.4. The van der Waals surface area contributed by atoms with Crippen LogP contribution in [-0.2, 0) is 14.3 Å². The van der Waals surface area contributed by atoms with Gasteiger partial charge in [-0.2, -0.15) is 0 Å². The van der Waals surface area contributed by atoms with Crippen molar-refractivity contribution >= 4 is 23.1 Å². The highest BCUT2D eigenvalue weighted by molar-refractivity contribution is 6.41. The third kappa shape index (κ3) is 3.77. The Morgan fingerprint density at radius 1 is 1.10 bits per heavy atom. The molecule has 0 radical (unpaired) electrons. The van der Waals surface area contributed by atoms with Crippen molar-refractivity contribution in [2.45, 2.75) is 76.9 Å². The second-order valence-electron chi connectivity index (χ2n) is 10.5. The Hall–Kier alpha value is -3.73. The van der Waals surface area contributed by atoms with Crippen LogP contribution in [-0.4, -0.2) is 68.4 Å². The van der Waals surface area contributed by atoms with Crippen molar-refractivity contribution in [2.75, 3.05) is 0 Å². The fourth-order valence-corrected chi connectivity index (χ4v) is 6.05. The minimum Gasteiger partial charge on any atom is -0.507 e. The molecular formula is C29H29NO9. The fraction of sp³-hybridized carbons (Fsp3) is 0.414. The van der Waals surface area contributed by atoms with Gasteiger partial charge >= 0.3 is 5.97 Å². The number of phenolic OH excluding ortho intramolecular Hbond substituents is 1. The van der Waals surface area contributed by atoms with Gasteiger partial charge < -0.3 is 34.4 Å². The smallest absolute Gasteiger partial charge is 0.331 e. The van der Waals surface area contributed by atoms with Gasteiger partial charge in [-0.25, -0.2) is 4.79 Å². The van der Waals surface area contributed by atoms with E-state index >= 15 is 0 Å². The molecule has 4 aliphatic rings. The van der Waals surface area contributed by atoms with Crippen molar-refractivity contribution in [1.82, 2.24) is 4.90 Å². The quantitative estimate of drug-likeness (QED) is 0.500. The van der Waals surface area contributed by atoms with E-state index in [-0.39, 0.29) is 45.9 Å². The number of ether oxygens (including phenoxy) is 3. The van der Waals surface area contributed by atoms with E-state index in [1.54, 1.807) is 30.9 Å². The number of nitrogens with zero attached hydrogens (tertiary/aromatic N) is 1. The molecule has 0 amide bonds. The second-order valence-corrected chi connectivity index (χ2v) is 10.5. The van der Waals surface area contributed by atoms with Gasteiger partial charge in [-0.15, -0.1) is 0 Å². The first kappa shape index (κ1) is 25.5. The first-order valence-corrected chi connectivity index (χ1v) is 13.1. The summed E-state index contributed by atoms with van der Waals surface area (Å²) in [5.74, 6) is -1.65. The van der Waals surface area contributed by atoms with E-state index in [4.69, 9.17) is 14.2 Å². The molecule has 3 heterocycles. The average Bonchev–Trinajstić information content (AvgIpc) is 3.21. The maximum Gasteiger partial charge on any atom is 0.331 e. The zero-order chi connectivity index (χ0) is 27.7. The van der Waals surface area contributed by atoms with Gasteiger partial charge in [-0.1, -0.05) is 25.5 Å². The Bertz CT molecular complexity index is 1430. The fourth-order valence-electron chi connectivity index (χ4n) is 6.05. The van der Waals surface area contributed by atoms with Crippen LogP contribution in [0.4, 0.5) is 0 Å². The third-order valence-electron chi connectivity index (χ3n) is 7.83. The van der Waals surface area contributed by atoms with Crippen LogP contribution in [0.5, 0.6) is 11.5 Å². The van der Waals surface area contributed by atoms with Crippen LogP contribution >= 0.6 is 0 Å². The normalized spacial score (nSPS) is 29.5. The number of allylic oxidation sites excluding steroid dienone is 2. The van der Waals surface area contributed by atoms with E-state index < -0.39 is 54.4 Å². The summed E-state index contributed by atoms with van der Waals surface area (Å²) >= 11 is 0. The van der Waals surface area contributed by atoms with Gasteiger partial charge in [0.25, 0.3) is 0 Å². The van der Waals surface area contributed by atoms with Gasteiger partial charge in [-0.3, -0.25) is 9.59 Å². The van der Waals surface area contributed by atoms with Crippen molar-refractivity contribution < 1.29 is 43.9 Å². The standard InChI is InChI=1S/C29H29NO9/c1-4-6-16-29(36)39-28-15-9-12(2)10-17(31)21(15)23-24(30(16)28)27(35)22-14(26(23)34)7-5-8-19(22)38-20-11-18(32)25(33)13(3)37-20/h5,7-10,13,16,18,20,25,28,31-33H,4,6,11H2,1-3H3/t13-,16+,18+,20-,25-,28-/m0/s1. The van der Waals surface area contributed by atoms with Crippen molar-refractivity contribution in [3.63, 3.8) is 0 Å². The van der Waals surface area contributed by atoms with E-state index in [2.05, 4.69) is 0 Å². The predicted octanol–water partition coefficient (Wildman–Crippen LogP) is 2.77. The summed E-state index contributed by atoms with van der Waals surface area (Å²) in [6.07, 6.45) is -3.83. The van der Waals surface area contributed by atoms with Gasteiger partial charge in [0.1, 0.15) is 29.3 Å². The summed E-state index contributed by atoms with van der Waals surface area (Å²) in [6, 6.07) is 7.10. The molecule has 3 aliphatic heterocycles. The minimum atomic E-state index is -1.09. The number of benzene rings is 2. The molecule has 6 atom stereocenters. The summed E-state index contributed by atoms with van der Waals surface area (Å²) in [6.45, 7) is 5.29. The number of fused-ring (bicyclic) bond motifs is 6. The molecular weight excluding hydrogens is 506 g/mol. The topological polar surface area (TPSA) is 143 Å². The van der Waals surface area contributed by atoms with Gasteiger partial charge in [0.2, 0.25) is 18.3 Å². The number of Topliss-reactive ketones (excluding diaryl/α,β-unsaturated/α-hetero) is 2. The molecule has 0 aromatic heterocycles. The monoisotopic (exact) mass is 535 g/mol. The van der Waals surface area contributed by atoms with Crippen LogP contribution in [0, 0.1) is 6.92 Å². The summed E-state index contributed by atoms with van der Waals surface area (Å²) in [5, 5.41) is 31.2. The molecule has 0 spiro atoms. The lowest BCUT2D eigenvalue weighted by molar-refractivity contribution is -0.216. The number of aliphatic hydroxyl groups is 2. The maximum absolute atomic E-state index is 14.3. The molecule has 2 aromatic rings. The molecule has 39 heavy (non-hydrogen) atoms. The highest BCUT2D eigenvalue weighted by Crippen LogP contribution is 2.52. The van der Waals surface area contributed by atoms with Crippen LogP contribution in [0.1, 0.15) is 76.7 Å². The predicted molar refractivity (Wildman–Crippen MR) is 136 cm³/mol. The number of ketones is 2. The summed E-state index contributed by atoms with van der Waals surface area (Å²) in [7, 11) is 0. The van der Waals surface area contributed by atoms with Crippen molar-refractivity contribution in [3.8, 4) is 11.5 Å². The van der Waals surface area contributed by atoms with Crippen LogP contribution in [0.25, 0.3) is 5.57 Å². The van der Waals surface area contributed by atoms with Gasteiger partial charge in [-0.05, 0) is 44.0 Å². The Labute approximate surface area is 224 Å². The van der Waals surface area contributed by atoms with E-state index in [0.29, 0.717) is 24.0 Å². The number of phenols is 1.